The van der Waals surface area contributed by atoms with Crippen LogP contribution in [0.25, 0.3) is 16.9 Å². The summed E-state index contributed by atoms with van der Waals surface area (Å²) < 4.78 is 7.52. The van der Waals surface area contributed by atoms with Gasteiger partial charge in [-0.15, -0.1) is 0 Å². The van der Waals surface area contributed by atoms with E-state index in [9.17, 15) is 0 Å². The summed E-state index contributed by atoms with van der Waals surface area (Å²) in [5.41, 5.74) is 9.58. The molecule has 3 rings (SSSR count). The van der Waals surface area contributed by atoms with Crippen LogP contribution in [0.2, 0.25) is 0 Å². The van der Waals surface area contributed by atoms with Gasteiger partial charge >= 0.3 is 0 Å². The van der Waals surface area contributed by atoms with Crippen LogP contribution in [0, 0.1) is 0 Å². The van der Waals surface area contributed by atoms with Crippen LogP contribution >= 0.6 is 12.2 Å². The Morgan fingerprint density at radius 3 is 2.68 bits per heavy atom. The van der Waals surface area contributed by atoms with E-state index in [1.807, 2.05) is 60.0 Å². The minimum Gasteiger partial charge on any atom is -0.494 e. The maximum atomic E-state index is 5.76. The second-order valence-corrected chi connectivity index (χ2v) is 5.46. The van der Waals surface area contributed by atoms with Gasteiger partial charge in [0.15, 0.2) is 0 Å². The Bertz CT molecular complexity index is 808. The number of pyridine rings is 1. The van der Waals surface area contributed by atoms with Gasteiger partial charge in [-0.25, -0.2) is 4.98 Å². The molecule has 0 fully saturated rings. The summed E-state index contributed by atoms with van der Waals surface area (Å²) in [5, 5.41) is 0. The molecule has 2 aromatic heterocycles. The first-order valence-corrected chi connectivity index (χ1v) is 7.57. The summed E-state index contributed by atoms with van der Waals surface area (Å²) >= 11 is 5.09. The SMILES string of the molecule is CCOc1ccc(-c2nc3ccccn3c2CC(N)=S)cc1. The predicted molar refractivity (Wildman–Crippen MR) is 92.3 cm³/mol. The number of ether oxygens (including phenoxy) is 1. The molecule has 0 spiro atoms. The average Bonchev–Trinajstić information content (AvgIpc) is 2.87. The van der Waals surface area contributed by atoms with Gasteiger partial charge in [-0.1, -0.05) is 18.3 Å². The maximum absolute atomic E-state index is 5.76. The number of fused-ring (bicyclic) bond motifs is 1. The molecule has 112 valence electrons. The molecular weight excluding hydrogens is 294 g/mol. The van der Waals surface area contributed by atoms with Crippen molar-refractivity contribution in [3.8, 4) is 17.0 Å². The molecule has 5 heteroatoms. The van der Waals surface area contributed by atoms with Gasteiger partial charge in [0.25, 0.3) is 0 Å². The number of hydrogen-bond donors (Lipinski definition) is 1. The second-order valence-electron chi connectivity index (χ2n) is 4.94. The highest BCUT2D eigenvalue weighted by atomic mass is 32.1. The number of rotatable bonds is 5. The predicted octanol–water partition coefficient (Wildman–Crippen LogP) is 3.23. The van der Waals surface area contributed by atoms with Gasteiger partial charge < -0.3 is 14.9 Å². The van der Waals surface area contributed by atoms with E-state index in [1.54, 1.807) is 0 Å². The van der Waals surface area contributed by atoms with E-state index in [2.05, 4.69) is 0 Å². The van der Waals surface area contributed by atoms with Crippen LogP contribution in [0.4, 0.5) is 0 Å². The first-order valence-electron chi connectivity index (χ1n) is 7.16. The minimum atomic E-state index is 0.456. The molecule has 0 saturated heterocycles. The van der Waals surface area contributed by atoms with E-state index >= 15 is 0 Å². The number of aromatic nitrogens is 2. The number of nitrogens with zero attached hydrogens (tertiary/aromatic N) is 2. The fourth-order valence-electron chi connectivity index (χ4n) is 2.49. The van der Waals surface area contributed by atoms with E-state index in [4.69, 9.17) is 27.7 Å². The highest BCUT2D eigenvalue weighted by molar-refractivity contribution is 7.80. The quantitative estimate of drug-likeness (QED) is 0.735. The smallest absolute Gasteiger partial charge is 0.137 e. The molecule has 3 aromatic rings. The Labute approximate surface area is 134 Å². The number of benzene rings is 1. The van der Waals surface area contributed by atoms with Crippen LogP contribution in [-0.4, -0.2) is 21.0 Å². The Morgan fingerprint density at radius 1 is 1.23 bits per heavy atom. The molecule has 0 aliphatic heterocycles. The summed E-state index contributed by atoms with van der Waals surface area (Å²) in [5.74, 6) is 0.853. The zero-order valence-corrected chi connectivity index (χ0v) is 13.1. The maximum Gasteiger partial charge on any atom is 0.137 e. The average molecular weight is 311 g/mol. The summed E-state index contributed by atoms with van der Waals surface area (Å²) in [4.78, 5) is 5.17. The Morgan fingerprint density at radius 2 is 2.00 bits per heavy atom. The lowest BCUT2D eigenvalue weighted by atomic mass is 10.1. The summed E-state index contributed by atoms with van der Waals surface area (Å²) in [7, 11) is 0. The van der Waals surface area contributed by atoms with Gasteiger partial charge in [0, 0.05) is 18.2 Å². The van der Waals surface area contributed by atoms with Crippen molar-refractivity contribution in [2.45, 2.75) is 13.3 Å². The second kappa shape index (κ2) is 6.15. The topological polar surface area (TPSA) is 52.5 Å². The molecule has 22 heavy (non-hydrogen) atoms. The molecule has 2 heterocycles. The van der Waals surface area contributed by atoms with E-state index < -0.39 is 0 Å². The molecular formula is C17H17N3OS. The lowest BCUT2D eigenvalue weighted by Gasteiger charge is -2.06. The van der Waals surface area contributed by atoms with Crippen LogP contribution < -0.4 is 10.5 Å². The van der Waals surface area contributed by atoms with E-state index in [0.717, 1.165) is 28.3 Å². The molecule has 0 atom stereocenters. The molecule has 4 nitrogen and oxygen atoms in total. The molecule has 1 aromatic carbocycles. The molecule has 2 N–H and O–H groups in total. The highest BCUT2D eigenvalue weighted by Gasteiger charge is 2.14. The van der Waals surface area contributed by atoms with Crippen molar-refractivity contribution in [3.63, 3.8) is 0 Å². The number of thiocarbonyl (C=S) groups is 1. The van der Waals surface area contributed by atoms with E-state index in [1.165, 1.54) is 0 Å². The van der Waals surface area contributed by atoms with Gasteiger partial charge in [0.2, 0.25) is 0 Å². The van der Waals surface area contributed by atoms with Gasteiger partial charge in [-0.2, -0.15) is 0 Å². The van der Waals surface area contributed by atoms with Crippen molar-refractivity contribution < 1.29 is 4.74 Å². The van der Waals surface area contributed by atoms with Crippen molar-refractivity contribution in [1.29, 1.82) is 0 Å². The molecule has 0 aliphatic carbocycles. The van der Waals surface area contributed by atoms with Crippen LogP contribution in [0.15, 0.2) is 48.7 Å². The third kappa shape index (κ3) is 2.80. The van der Waals surface area contributed by atoms with Gasteiger partial charge in [-0.05, 0) is 43.3 Å². The van der Waals surface area contributed by atoms with Crippen LogP contribution in [0.5, 0.6) is 5.75 Å². The minimum absolute atomic E-state index is 0.456. The van der Waals surface area contributed by atoms with Crippen molar-refractivity contribution >= 4 is 22.9 Å². The zero-order chi connectivity index (χ0) is 15.5. The highest BCUT2D eigenvalue weighted by Crippen LogP contribution is 2.26. The van der Waals surface area contributed by atoms with Crippen LogP contribution in [-0.2, 0) is 6.42 Å². The third-order valence-electron chi connectivity index (χ3n) is 3.41. The van der Waals surface area contributed by atoms with Crippen molar-refractivity contribution in [1.82, 2.24) is 9.38 Å². The first-order chi connectivity index (χ1) is 10.7. The largest absolute Gasteiger partial charge is 0.494 e. The molecule has 0 unspecified atom stereocenters. The van der Waals surface area contributed by atoms with Gasteiger partial charge in [0.1, 0.15) is 11.4 Å². The summed E-state index contributed by atoms with van der Waals surface area (Å²) in [6.07, 6.45) is 2.50. The molecule has 0 saturated carbocycles. The van der Waals surface area contributed by atoms with Crippen LogP contribution in [0.1, 0.15) is 12.6 Å². The number of imidazole rings is 1. The monoisotopic (exact) mass is 311 g/mol. The summed E-state index contributed by atoms with van der Waals surface area (Å²) in [6, 6.07) is 13.8. The van der Waals surface area contributed by atoms with Crippen molar-refractivity contribution in [2.75, 3.05) is 6.61 Å². The van der Waals surface area contributed by atoms with Gasteiger partial charge in [-0.3, -0.25) is 0 Å². The van der Waals surface area contributed by atoms with Crippen LogP contribution in [0.3, 0.4) is 0 Å². The molecule has 0 bridgehead atoms. The van der Waals surface area contributed by atoms with Gasteiger partial charge in [0.05, 0.1) is 23.0 Å². The number of hydrogen-bond acceptors (Lipinski definition) is 3. The Balaban J connectivity index is 2.10. The lowest BCUT2D eigenvalue weighted by molar-refractivity contribution is 0.340. The lowest BCUT2D eigenvalue weighted by Crippen LogP contribution is -2.13. The Kier molecular flexibility index (Phi) is 4.06. The number of nitrogens with two attached hydrogens (primary N) is 1. The van der Waals surface area contributed by atoms with Crippen molar-refractivity contribution in [3.05, 3.63) is 54.4 Å². The summed E-state index contributed by atoms with van der Waals surface area (Å²) in [6.45, 7) is 2.62. The van der Waals surface area contributed by atoms with E-state index in [-0.39, 0.29) is 0 Å². The molecule has 0 amide bonds. The van der Waals surface area contributed by atoms with Crippen molar-refractivity contribution in [2.24, 2.45) is 5.73 Å². The first kappa shape index (κ1) is 14.5. The molecule has 0 radical (unpaired) electrons. The normalized spacial score (nSPS) is 10.8. The van der Waals surface area contributed by atoms with E-state index in [0.29, 0.717) is 18.0 Å². The fraction of sp³-hybridized carbons (Fsp3) is 0.176. The molecule has 0 aliphatic rings. The fourth-order valence-corrected chi connectivity index (χ4v) is 2.62. The standard InChI is InChI=1S/C17H17N3OS/c1-2-21-13-8-6-12(7-9-13)17-14(11-15(18)22)20-10-4-3-5-16(20)19-17/h3-10H,2,11H2,1H3,(H2,18,22). The Hall–Kier alpha value is -2.40. The zero-order valence-electron chi connectivity index (χ0n) is 12.3. The third-order valence-corrected chi connectivity index (χ3v) is 3.55.